The summed E-state index contributed by atoms with van der Waals surface area (Å²) in [5.74, 6) is -13.2. The molecule has 4 amide bonds. The third-order valence-corrected chi connectivity index (χ3v) is 15.3. The quantitative estimate of drug-likeness (QED) is 0.108. The molecule has 0 radical (unpaired) electrons. The molecule has 0 spiro atoms. The maximum absolute atomic E-state index is 15.9. The number of amides is 4. The topological polar surface area (TPSA) is 268 Å². The number of nitriles is 2. The minimum atomic E-state index is -4.53. The first-order valence-electron chi connectivity index (χ1n) is 30.2. The molecule has 4 aromatic carbocycles. The second-order valence-electron chi connectivity index (χ2n) is 26.3. The summed E-state index contributed by atoms with van der Waals surface area (Å²) in [4.78, 5) is 63.8. The number of hydrogen-bond acceptors (Lipinski definition) is 16. The lowest BCUT2D eigenvalue weighted by Crippen LogP contribution is -2.49. The lowest BCUT2D eigenvalue weighted by Gasteiger charge is -2.27. The summed E-state index contributed by atoms with van der Waals surface area (Å²) in [6.45, 7) is 14.4. The summed E-state index contributed by atoms with van der Waals surface area (Å²) >= 11 is 0. The van der Waals surface area contributed by atoms with Crippen LogP contribution in [0.2, 0.25) is 0 Å². The van der Waals surface area contributed by atoms with Gasteiger partial charge in [0.2, 0.25) is 23.6 Å². The predicted molar refractivity (Wildman–Crippen MR) is 332 cm³/mol. The van der Waals surface area contributed by atoms with Gasteiger partial charge in [0, 0.05) is 47.5 Å². The first-order valence-corrected chi connectivity index (χ1v) is 30.2. The molecular weight excluding hydrogens is 1340 g/mol. The number of hydrogen-bond donors (Lipinski definition) is 2. The Morgan fingerprint density at radius 1 is 0.540 bits per heavy atom. The molecule has 6 heterocycles. The summed E-state index contributed by atoms with van der Waals surface area (Å²) in [5, 5.41) is 38.5. The summed E-state index contributed by atoms with van der Waals surface area (Å²) in [6, 6.07) is 17.8. The number of alkyl carbamates (subject to hydrolysis) is 2. The summed E-state index contributed by atoms with van der Waals surface area (Å²) < 4.78 is 194. The second kappa shape index (κ2) is 27.1. The van der Waals surface area contributed by atoms with E-state index in [2.05, 4.69) is 41.0 Å². The van der Waals surface area contributed by atoms with Crippen LogP contribution in [-0.2, 0) is 67.2 Å². The van der Waals surface area contributed by atoms with E-state index in [-0.39, 0.29) is 23.2 Å². The Kier molecular flexibility index (Phi) is 19.8. The van der Waals surface area contributed by atoms with Crippen LogP contribution in [0.4, 0.5) is 73.6 Å². The summed E-state index contributed by atoms with van der Waals surface area (Å²) in [6.07, 6.45) is -11.2. The fourth-order valence-corrected chi connectivity index (χ4v) is 10.1. The van der Waals surface area contributed by atoms with Gasteiger partial charge in [-0.1, -0.05) is 36.4 Å². The Labute approximate surface area is 562 Å². The van der Waals surface area contributed by atoms with Gasteiger partial charge >= 0.3 is 24.5 Å². The van der Waals surface area contributed by atoms with Crippen LogP contribution in [0, 0.1) is 34.3 Å². The van der Waals surface area contributed by atoms with Gasteiger partial charge in [-0.05, 0) is 141 Å². The smallest absolute Gasteiger partial charge is 0.416 e. The number of anilines is 2. The molecule has 32 heteroatoms. The van der Waals surface area contributed by atoms with Gasteiger partial charge in [-0.15, -0.1) is 20.4 Å². The molecule has 2 aliphatic rings. The average molecular weight is 1400 g/mol. The van der Waals surface area contributed by atoms with Gasteiger partial charge in [-0.2, -0.15) is 36.9 Å². The van der Waals surface area contributed by atoms with Crippen LogP contribution in [0.3, 0.4) is 0 Å². The van der Waals surface area contributed by atoms with Crippen LogP contribution in [0.5, 0.6) is 0 Å². The van der Waals surface area contributed by atoms with Gasteiger partial charge in [0.15, 0.2) is 0 Å². The second-order valence-corrected chi connectivity index (χ2v) is 26.3. The molecule has 8 aromatic rings. The fourth-order valence-electron chi connectivity index (χ4n) is 10.1. The first kappa shape index (κ1) is 73.3. The van der Waals surface area contributed by atoms with Crippen molar-refractivity contribution in [1.82, 2.24) is 41.0 Å². The Morgan fingerprint density at radius 3 is 1.17 bits per heavy atom. The number of alkyl halides is 10. The molecule has 2 aliphatic heterocycles. The number of nitrogens with one attached hydrogen (secondary N) is 2. The highest BCUT2D eigenvalue weighted by molar-refractivity contribution is 6.02. The predicted octanol–water partition coefficient (Wildman–Crippen LogP) is 15.4. The van der Waals surface area contributed by atoms with Crippen molar-refractivity contribution < 1.29 is 90.2 Å². The lowest BCUT2D eigenvalue weighted by molar-refractivity contribution is -0.138. The van der Waals surface area contributed by atoms with Crippen LogP contribution in [-0.4, -0.2) is 77.6 Å². The van der Waals surface area contributed by atoms with Gasteiger partial charge in [-0.3, -0.25) is 19.6 Å². The maximum atomic E-state index is 15.9. The standard InChI is InChI=1S/2C34H30F6N6O4/c2*1-31(2,3)50-30(48)43-25-14-33(36,37)22-13-23(35)21(27-44-45-29(49-27)32(4,5)17-41)12-26(22)46(28(25)47)16-18-6-11-24(42-15-18)19-7-9-20(10-8-19)34(38,39)40/h2*6-13,15,25H,14,16H2,1-5H3,(H,43,48)/t25-;/m1./s1. The van der Waals surface area contributed by atoms with Crippen molar-refractivity contribution in [1.29, 1.82) is 10.5 Å². The van der Waals surface area contributed by atoms with Crippen LogP contribution in [0.25, 0.3) is 45.4 Å². The molecule has 0 bridgehead atoms. The van der Waals surface area contributed by atoms with E-state index in [1.54, 1.807) is 41.5 Å². The van der Waals surface area contributed by atoms with Gasteiger partial charge < -0.3 is 38.7 Å². The molecule has 524 valence electrons. The number of nitrogens with zero attached hydrogens (tertiary/aromatic N) is 10. The highest BCUT2D eigenvalue weighted by Gasteiger charge is 2.49. The molecule has 100 heavy (non-hydrogen) atoms. The SMILES string of the molecule is CC(C)(C)OC(=O)NC1CC(F)(F)c2cc(F)c(-c3nnc(C(C)(C)C#N)o3)cc2N(Cc2ccc(-c3ccc(C(F)(F)F)cc3)nc2)C1=O.CC(C)(C)OC(=O)N[C@@H]1CC(F)(F)c2cc(F)c(-c3nnc(C(C)(C)C#N)o3)cc2N(Cc2ccc(-c3ccc(C(F)(F)F)cc3)nc2)C1=O. The van der Waals surface area contributed by atoms with E-state index in [1.807, 2.05) is 12.1 Å². The Balaban J connectivity index is 0.000000233. The first-order chi connectivity index (χ1) is 46.4. The number of carbonyl (C=O) groups is 4. The Hall–Kier alpha value is -10.9. The van der Waals surface area contributed by atoms with E-state index in [9.17, 15) is 56.0 Å². The molecule has 20 nitrogen and oxygen atoms in total. The van der Waals surface area contributed by atoms with E-state index >= 15 is 26.3 Å². The highest BCUT2D eigenvalue weighted by Crippen LogP contribution is 2.48. The molecule has 2 atom stereocenters. The largest absolute Gasteiger partial charge is 0.444 e. The molecule has 1 unspecified atom stereocenters. The van der Waals surface area contributed by atoms with Crippen molar-refractivity contribution in [2.75, 3.05) is 9.80 Å². The van der Waals surface area contributed by atoms with Crippen molar-refractivity contribution in [3.05, 3.63) is 166 Å². The van der Waals surface area contributed by atoms with Crippen molar-refractivity contribution in [3.63, 3.8) is 0 Å². The minimum absolute atomic E-state index is 0.163. The number of fused-ring (bicyclic) bond motifs is 2. The van der Waals surface area contributed by atoms with E-state index < -0.39 is 176 Å². The molecule has 0 saturated heterocycles. The third-order valence-electron chi connectivity index (χ3n) is 15.3. The number of benzene rings is 4. The number of rotatable bonds is 12. The molecule has 2 N–H and O–H groups in total. The van der Waals surface area contributed by atoms with Gasteiger partial charge in [0.25, 0.3) is 23.6 Å². The summed E-state index contributed by atoms with van der Waals surface area (Å²) in [7, 11) is 0. The normalized spacial score (nSPS) is 16.3. The average Bonchev–Trinajstić information content (AvgIpc) is 1.49. The van der Waals surface area contributed by atoms with Crippen LogP contribution >= 0.6 is 0 Å². The fraction of sp³-hybridized carbons (Fsp3) is 0.353. The van der Waals surface area contributed by atoms with E-state index in [0.29, 0.717) is 34.4 Å². The zero-order chi connectivity index (χ0) is 73.6. The zero-order valence-corrected chi connectivity index (χ0v) is 54.6. The molecule has 0 aliphatic carbocycles. The van der Waals surface area contributed by atoms with Gasteiger partial charge in [0.05, 0.1) is 70.2 Å². The van der Waals surface area contributed by atoms with Crippen LogP contribution < -0.4 is 20.4 Å². The lowest BCUT2D eigenvalue weighted by atomic mass is 9.96. The van der Waals surface area contributed by atoms with Crippen LogP contribution in [0.1, 0.15) is 127 Å². The Morgan fingerprint density at radius 2 is 0.880 bits per heavy atom. The van der Waals surface area contributed by atoms with Gasteiger partial charge in [-0.25, -0.2) is 35.9 Å². The molecule has 0 fully saturated rings. The number of pyridine rings is 2. The summed E-state index contributed by atoms with van der Waals surface area (Å²) in [5.41, 5.74) is -7.83. The van der Waals surface area contributed by atoms with Crippen molar-refractivity contribution in [3.8, 4) is 57.6 Å². The molecule has 4 aromatic heterocycles. The van der Waals surface area contributed by atoms with E-state index in [4.69, 9.17) is 18.3 Å². The minimum Gasteiger partial charge on any atom is -0.444 e. The zero-order valence-electron chi connectivity index (χ0n) is 54.6. The highest BCUT2D eigenvalue weighted by atomic mass is 19.4. The van der Waals surface area contributed by atoms with E-state index in [1.165, 1.54) is 88.6 Å². The van der Waals surface area contributed by atoms with E-state index in [0.717, 1.165) is 46.2 Å². The van der Waals surface area contributed by atoms with Crippen LogP contribution in [0.15, 0.2) is 118 Å². The number of carbonyl (C=O) groups excluding carboxylic acids is 4. The van der Waals surface area contributed by atoms with Crippen molar-refractivity contribution >= 4 is 35.4 Å². The molecule has 10 rings (SSSR count). The van der Waals surface area contributed by atoms with Crippen molar-refractivity contribution in [2.45, 2.75) is 153 Å². The van der Waals surface area contributed by atoms with Crippen molar-refractivity contribution in [2.24, 2.45) is 0 Å². The number of ether oxygens (including phenoxy) is 2. The molecular formula is C68H60F12N12O8. The monoisotopic (exact) mass is 1400 g/mol. The number of halogens is 12. The van der Waals surface area contributed by atoms with Gasteiger partial charge in [0.1, 0.15) is 45.8 Å². The third kappa shape index (κ3) is 16.6. The maximum Gasteiger partial charge on any atom is 0.416 e. The molecule has 0 saturated carbocycles. The number of aromatic nitrogens is 6. The Bertz CT molecular complexity index is 4210.